The maximum atomic E-state index is 13.6. The molecule has 14 heteroatoms. The van der Waals surface area contributed by atoms with Crippen molar-refractivity contribution in [3.8, 4) is 0 Å². The van der Waals surface area contributed by atoms with Gasteiger partial charge in [-0.3, -0.25) is 15.0 Å². The topological polar surface area (TPSA) is 122 Å². The van der Waals surface area contributed by atoms with E-state index in [1.54, 1.807) is 34.1 Å². The predicted molar refractivity (Wildman–Crippen MR) is 137 cm³/mol. The SMILES string of the molecule is O=C(O)Nc1ccc2nc(C(F)(F)F)nc(N3CC(O)C(N4CCN(C(=O)c5ccc(Cl)cc5)CC4)C3)c2c1. The van der Waals surface area contributed by atoms with Crippen LogP contribution in [0, 0.1) is 0 Å². The maximum Gasteiger partial charge on any atom is 0.451 e. The summed E-state index contributed by atoms with van der Waals surface area (Å²) in [4.78, 5) is 36.6. The molecule has 206 valence electrons. The first kappa shape index (κ1) is 26.9. The summed E-state index contributed by atoms with van der Waals surface area (Å²) in [5.41, 5.74) is 0.667. The summed E-state index contributed by atoms with van der Waals surface area (Å²) >= 11 is 5.90. The van der Waals surface area contributed by atoms with E-state index in [4.69, 9.17) is 16.7 Å². The standard InChI is InChI=1S/C25H24ClF3N6O4/c26-15-3-1-14(2-4-15)22(37)34-9-7-33(8-10-34)19-12-35(13-20(19)36)21-17-11-16(30-24(38)39)5-6-18(17)31-23(32-21)25(27,28)29/h1-6,11,19-20,30,36H,7-10,12-13H2,(H,38,39). The second-order valence-electron chi connectivity index (χ2n) is 9.41. The van der Waals surface area contributed by atoms with Crippen molar-refractivity contribution in [1.29, 1.82) is 0 Å². The molecule has 0 bridgehead atoms. The molecular formula is C25H24ClF3N6O4. The lowest BCUT2D eigenvalue weighted by molar-refractivity contribution is -0.144. The highest BCUT2D eigenvalue weighted by atomic mass is 35.5. The lowest BCUT2D eigenvalue weighted by Gasteiger charge is -2.38. The molecular weight excluding hydrogens is 541 g/mol. The number of piperazine rings is 1. The number of rotatable bonds is 4. The number of nitrogens with one attached hydrogen (secondary N) is 1. The summed E-state index contributed by atoms with van der Waals surface area (Å²) in [5, 5.41) is 22.9. The van der Waals surface area contributed by atoms with Gasteiger partial charge in [-0.05, 0) is 42.5 Å². The number of β-amino-alcohol motifs (C(OH)–C–C–N with tert-alkyl or cyclic N) is 1. The number of hydrogen-bond donors (Lipinski definition) is 3. The molecule has 3 N–H and O–H groups in total. The number of alkyl halides is 3. The fourth-order valence-electron chi connectivity index (χ4n) is 5.01. The van der Waals surface area contributed by atoms with Crippen molar-refractivity contribution < 1.29 is 33.0 Å². The number of fused-ring (bicyclic) bond motifs is 1. The zero-order valence-electron chi connectivity index (χ0n) is 20.4. The van der Waals surface area contributed by atoms with Crippen molar-refractivity contribution in [3.05, 3.63) is 58.9 Å². The molecule has 2 aliphatic heterocycles. The van der Waals surface area contributed by atoms with Crippen molar-refractivity contribution in [2.24, 2.45) is 0 Å². The van der Waals surface area contributed by atoms with Crippen molar-refractivity contribution >= 4 is 46.0 Å². The van der Waals surface area contributed by atoms with E-state index < -0.39 is 30.2 Å². The normalized spacial score (nSPS) is 20.4. The van der Waals surface area contributed by atoms with Crippen LogP contribution in [0.3, 0.4) is 0 Å². The van der Waals surface area contributed by atoms with Gasteiger partial charge < -0.3 is 20.0 Å². The summed E-state index contributed by atoms with van der Waals surface area (Å²) in [6.07, 6.45) is -7.01. The summed E-state index contributed by atoms with van der Waals surface area (Å²) in [6.45, 7) is 1.99. The summed E-state index contributed by atoms with van der Waals surface area (Å²) in [7, 11) is 0. The molecule has 39 heavy (non-hydrogen) atoms. The van der Waals surface area contributed by atoms with E-state index in [0.717, 1.165) is 0 Å². The van der Waals surface area contributed by atoms with Gasteiger partial charge in [0.2, 0.25) is 5.82 Å². The Balaban J connectivity index is 1.35. The quantitative estimate of drug-likeness (QED) is 0.441. The van der Waals surface area contributed by atoms with Crippen molar-refractivity contribution in [2.45, 2.75) is 18.3 Å². The molecule has 0 aliphatic carbocycles. The van der Waals surface area contributed by atoms with Crippen LogP contribution in [0.25, 0.3) is 10.9 Å². The van der Waals surface area contributed by atoms with E-state index in [-0.39, 0.29) is 41.4 Å². The molecule has 2 aromatic carbocycles. The molecule has 0 saturated carbocycles. The molecule has 0 radical (unpaired) electrons. The Hall–Kier alpha value is -3.68. The number of carboxylic acid groups (broad SMARTS) is 1. The maximum absolute atomic E-state index is 13.6. The zero-order valence-corrected chi connectivity index (χ0v) is 21.2. The third kappa shape index (κ3) is 5.70. The number of hydrogen-bond acceptors (Lipinski definition) is 7. The van der Waals surface area contributed by atoms with E-state index in [0.29, 0.717) is 36.8 Å². The van der Waals surface area contributed by atoms with E-state index in [9.17, 15) is 27.9 Å². The fourth-order valence-corrected chi connectivity index (χ4v) is 5.14. The van der Waals surface area contributed by atoms with Crippen molar-refractivity contribution in [3.63, 3.8) is 0 Å². The lowest BCUT2D eigenvalue weighted by Crippen LogP contribution is -2.54. The molecule has 2 unspecified atom stereocenters. The van der Waals surface area contributed by atoms with Gasteiger partial charge in [0.05, 0.1) is 17.7 Å². The van der Waals surface area contributed by atoms with Crippen LogP contribution in [0.4, 0.5) is 29.5 Å². The largest absolute Gasteiger partial charge is 0.465 e. The van der Waals surface area contributed by atoms with Crippen LogP contribution < -0.4 is 10.2 Å². The van der Waals surface area contributed by atoms with Crippen LogP contribution in [0.15, 0.2) is 42.5 Å². The molecule has 2 aliphatic rings. The smallest absolute Gasteiger partial charge is 0.451 e. The summed E-state index contributed by atoms with van der Waals surface area (Å²) in [6, 6.07) is 10.2. The van der Waals surface area contributed by atoms with Gasteiger partial charge in [0.1, 0.15) is 5.82 Å². The Kier molecular flexibility index (Phi) is 7.23. The lowest BCUT2D eigenvalue weighted by atomic mass is 10.1. The molecule has 2 fully saturated rings. The van der Waals surface area contributed by atoms with Gasteiger partial charge >= 0.3 is 12.3 Å². The van der Waals surface area contributed by atoms with Gasteiger partial charge in [0, 0.05) is 60.9 Å². The Morgan fingerprint density at radius 3 is 2.33 bits per heavy atom. The molecule has 5 rings (SSSR count). The average molecular weight is 565 g/mol. The van der Waals surface area contributed by atoms with Gasteiger partial charge in [0.15, 0.2) is 0 Å². The number of aromatic nitrogens is 2. The zero-order chi connectivity index (χ0) is 27.9. The van der Waals surface area contributed by atoms with E-state index in [1.807, 2.05) is 4.90 Å². The minimum absolute atomic E-state index is 0.00414. The van der Waals surface area contributed by atoms with Gasteiger partial charge in [-0.1, -0.05) is 11.6 Å². The van der Waals surface area contributed by atoms with E-state index in [2.05, 4.69) is 15.3 Å². The molecule has 1 aromatic heterocycles. The Labute approximate surface area is 225 Å². The van der Waals surface area contributed by atoms with Gasteiger partial charge in [-0.15, -0.1) is 0 Å². The number of nitrogens with zero attached hydrogens (tertiary/aromatic N) is 5. The highest BCUT2D eigenvalue weighted by molar-refractivity contribution is 6.30. The molecule has 2 amide bonds. The summed E-state index contributed by atoms with van der Waals surface area (Å²) in [5.74, 6) is -1.49. The number of anilines is 2. The number of halogens is 4. The molecule has 2 atom stereocenters. The second-order valence-corrected chi connectivity index (χ2v) is 9.84. The van der Waals surface area contributed by atoms with Crippen LogP contribution >= 0.6 is 11.6 Å². The molecule has 0 spiro atoms. The van der Waals surface area contributed by atoms with Crippen LogP contribution in [-0.4, -0.2) is 93.4 Å². The van der Waals surface area contributed by atoms with Gasteiger partial charge in [-0.2, -0.15) is 13.2 Å². The van der Waals surface area contributed by atoms with Crippen LogP contribution in [0.1, 0.15) is 16.2 Å². The van der Waals surface area contributed by atoms with Gasteiger partial charge in [-0.25, -0.2) is 14.8 Å². The predicted octanol–water partition coefficient (Wildman–Crippen LogP) is 3.40. The minimum atomic E-state index is -4.80. The number of benzene rings is 2. The number of aliphatic hydroxyl groups is 1. The first-order valence-corrected chi connectivity index (χ1v) is 12.5. The van der Waals surface area contributed by atoms with Crippen LogP contribution in [0.5, 0.6) is 0 Å². The number of aliphatic hydroxyl groups excluding tert-OH is 1. The fraction of sp³-hybridized carbons (Fsp3) is 0.360. The second kappa shape index (κ2) is 10.5. The Morgan fingerprint density at radius 1 is 1.00 bits per heavy atom. The molecule has 3 aromatic rings. The Morgan fingerprint density at radius 2 is 1.69 bits per heavy atom. The third-order valence-electron chi connectivity index (χ3n) is 6.90. The minimum Gasteiger partial charge on any atom is -0.465 e. The molecule has 10 nitrogen and oxygen atoms in total. The number of carbonyl (C=O) groups is 2. The first-order chi connectivity index (χ1) is 18.5. The van der Waals surface area contributed by atoms with Crippen molar-refractivity contribution in [1.82, 2.24) is 19.8 Å². The van der Waals surface area contributed by atoms with E-state index >= 15 is 0 Å². The van der Waals surface area contributed by atoms with Gasteiger partial charge in [0.25, 0.3) is 5.91 Å². The number of amides is 2. The average Bonchev–Trinajstić information content (AvgIpc) is 3.28. The highest BCUT2D eigenvalue weighted by Gasteiger charge is 2.40. The van der Waals surface area contributed by atoms with Crippen LogP contribution in [-0.2, 0) is 6.18 Å². The number of carbonyl (C=O) groups excluding carboxylic acids is 1. The highest BCUT2D eigenvalue weighted by Crippen LogP contribution is 2.35. The van der Waals surface area contributed by atoms with Crippen molar-refractivity contribution in [2.75, 3.05) is 49.5 Å². The summed E-state index contributed by atoms with van der Waals surface area (Å²) < 4.78 is 40.8. The monoisotopic (exact) mass is 564 g/mol. The molecule has 3 heterocycles. The Bertz CT molecular complexity index is 1400. The molecule has 2 saturated heterocycles. The van der Waals surface area contributed by atoms with E-state index in [1.165, 1.54) is 18.2 Å². The third-order valence-corrected chi connectivity index (χ3v) is 7.15. The van der Waals surface area contributed by atoms with Crippen LogP contribution in [0.2, 0.25) is 5.02 Å². The first-order valence-electron chi connectivity index (χ1n) is 12.1.